The largest absolute Gasteiger partial charge is 0.479 e. The van der Waals surface area contributed by atoms with Gasteiger partial charge in [-0.05, 0) is 12.8 Å². The van der Waals surface area contributed by atoms with Crippen molar-refractivity contribution in [3.63, 3.8) is 0 Å². The van der Waals surface area contributed by atoms with Crippen molar-refractivity contribution in [2.24, 2.45) is 0 Å². The van der Waals surface area contributed by atoms with Crippen molar-refractivity contribution < 1.29 is 39.8 Å². The monoisotopic (exact) mass is 460 g/mol. The van der Waals surface area contributed by atoms with E-state index in [0.29, 0.717) is 0 Å². The average molecular weight is 461 g/mol. The third-order valence-electron chi connectivity index (χ3n) is 5.84. The first-order valence-electron chi connectivity index (χ1n) is 12.3. The van der Waals surface area contributed by atoms with Crippen molar-refractivity contribution in [3.05, 3.63) is 12.2 Å². The Bertz CT molecular complexity index is 512. The van der Waals surface area contributed by atoms with Crippen molar-refractivity contribution in [3.8, 4) is 0 Å². The van der Waals surface area contributed by atoms with Gasteiger partial charge in [-0.3, -0.25) is 0 Å². The van der Waals surface area contributed by atoms with Crippen LogP contribution in [0.25, 0.3) is 0 Å². The summed E-state index contributed by atoms with van der Waals surface area (Å²) in [7, 11) is 0. The molecule has 0 radical (unpaired) electrons. The Hall–Kier alpha value is -1.03. The van der Waals surface area contributed by atoms with Crippen LogP contribution >= 0.6 is 0 Å². The van der Waals surface area contributed by atoms with Crippen LogP contribution in [0.5, 0.6) is 0 Å². The number of unbranched alkanes of at least 4 members (excludes halogenated alkanes) is 11. The second-order valence-corrected chi connectivity index (χ2v) is 8.71. The lowest BCUT2D eigenvalue weighted by atomic mass is 9.99. The number of allylic oxidation sites excluding steroid dienone is 1. The molecule has 8 nitrogen and oxygen atoms in total. The summed E-state index contributed by atoms with van der Waals surface area (Å²) in [6.07, 6.45) is 10.2. The van der Waals surface area contributed by atoms with Crippen molar-refractivity contribution in [1.29, 1.82) is 0 Å². The normalized spacial score (nSPS) is 27.1. The van der Waals surface area contributed by atoms with Crippen LogP contribution < -0.4 is 0 Å². The Morgan fingerprint density at radius 2 is 1.47 bits per heavy atom. The van der Waals surface area contributed by atoms with E-state index in [0.717, 1.165) is 12.8 Å². The molecule has 1 aliphatic rings. The molecule has 1 heterocycles. The fraction of sp³-hybridized carbons (Fsp3) is 0.875. The second-order valence-electron chi connectivity index (χ2n) is 8.71. The number of carboxylic acids is 1. The van der Waals surface area contributed by atoms with Crippen molar-refractivity contribution in [1.82, 2.24) is 0 Å². The summed E-state index contributed by atoms with van der Waals surface area (Å²) in [6.45, 7) is 2.24. The molecule has 6 unspecified atom stereocenters. The van der Waals surface area contributed by atoms with Gasteiger partial charge in [0.25, 0.3) is 0 Å². The first-order valence-corrected chi connectivity index (χ1v) is 12.3. The Kier molecular flexibility index (Phi) is 15.8. The van der Waals surface area contributed by atoms with Gasteiger partial charge in [0.15, 0.2) is 12.4 Å². The van der Waals surface area contributed by atoms with E-state index in [-0.39, 0.29) is 13.0 Å². The number of aliphatic carboxylic acids is 1. The molecule has 8 heteroatoms. The molecule has 188 valence electrons. The number of ether oxygens (including phenoxy) is 2. The summed E-state index contributed by atoms with van der Waals surface area (Å²) >= 11 is 0. The Morgan fingerprint density at radius 1 is 0.906 bits per heavy atom. The molecule has 0 aromatic heterocycles. The average Bonchev–Trinajstić information content (AvgIpc) is 2.76. The molecule has 1 aliphatic heterocycles. The van der Waals surface area contributed by atoms with Crippen molar-refractivity contribution in [2.45, 2.75) is 127 Å². The summed E-state index contributed by atoms with van der Waals surface area (Å²) in [4.78, 5) is 11.1. The minimum Gasteiger partial charge on any atom is -0.479 e. The molecule has 0 spiro atoms. The van der Waals surface area contributed by atoms with Gasteiger partial charge in [-0.2, -0.15) is 0 Å². The summed E-state index contributed by atoms with van der Waals surface area (Å²) in [5.74, 6) is -1.46. The zero-order valence-electron chi connectivity index (χ0n) is 19.5. The molecule has 0 amide bonds. The van der Waals surface area contributed by atoms with E-state index in [9.17, 15) is 25.2 Å². The van der Waals surface area contributed by atoms with Crippen molar-refractivity contribution >= 4 is 5.97 Å². The molecular weight excluding hydrogens is 416 g/mol. The standard InChI is InChI=1S/C24H44O8/c1-2-3-4-5-6-7-8-9-10-11-12-13-14-15-18(25)16-17-31-24-21(28)19(26)20(27)22(32-24)23(29)30/h14-15,18-22,24-28H,2-13,16-17H2,1H3,(H,29,30). The SMILES string of the molecule is CCCCCCCCCCCCCC=CC(O)CCOC1OC(C(=O)O)C(O)C(O)C1O. The summed E-state index contributed by atoms with van der Waals surface area (Å²) in [5.41, 5.74) is 0. The van der Waals surface area contributed by atoms with Crippen LogP contribution in [0.1, 0.15) is 90.4 Å². The highest BCUT2D eigenvalue weighted by Gasteiger charge is 2.47. The molecule has 5 N–H and O–H groups in total. The summed E-state index contributed by atoms with van der Waals surface area (Å²) in [6, 6.07) is 0. The van der Waals surface area contributed by atoms with E-state index in [1.54, 1.807) is 6.08 Å². The first-order chi connectivity index (χ1) is 15.4. The van der Waals surface area contributed by atoms with Gasteiger partial charge in [0.2, 0.25) is 0 Å². The molecule has 0 saturated carbocycles. The van der Waals surface area contributed by atoms with Crippen LogP contribution in [-0.4, -0.2) is 74.9 Å². The summed E-state index contributed by atoms with van der Waals surface area (Å²) in [5, 5.41) is 48.3. The van der Waals surface area contributed by atoms with Gasteiger partial charge >= 0.3 is 5.97 Å². The predicted octanol–water partition coefficient (Wildman–Crippen LogP) is 2.90. The topological polar surface area (TPSA) is 137 Å². The molecule has 32 heavy (non-hydrogen) atoms. The minimum atomic E-state index is -1.74. The smallest absolute Gasteiger partial charge is 0.335 e. The Morgan fingerprint density at radius 3 is 2.03 bits per heavy atom. The highest BCUT2D eigenvalue weighted by Crippen LogP contribution is 2.22. The van der Waals surface area contributed by atoms with E-state index in [1.165, 1.54) is 64.2 Å². The maximum Gasteiger partial charge on any atom is 0.335 e. The summed E-state index contributed by atoms with van der Waals surface area (Å²) < 4.78 is 10.3. The molecule has 0 aromatic rings. The van der Waals surface area contributed by atoms with Gasteiger partial charge in [-0.1, -0.05) is 83.3 Å². The third kappa shape index (κ3) is 11.7. The molecule has 0 aromatic carbocycles. The Labute approximate surface area is 192 Å². The minimum absolute atomic E-state index is 0.000825. The highest BCUT2D eigenvalue weighted by molar-refractivity contribution is 5.73. The van der Waals surface area contributed by atoms with E-state index < -0.39 is 42.8 Å². The Balaban J connectivity index is 2.06. The number of rotatable bonds is 18. The van der Waals surface area contributed by atoms with Gasteiger partial charge in [-0.15, -0.1) is 0 Å². The second kappa shape index (κ2) is 17.4. The van der Waals surface area contributed by atoms with Crippen LogP contribution in [0, 0.1) is 0 Å². The lowest BCUT2D eigenvalue weighted by Crippen LogP contribution is -2.60. The van der Waals surface area contributed by atoms with Gasteiger partial charge < -0.3 is 35.0 Å². The van der Waals surface area contributed by atoms with Gasteiger partial charge in [0.1, 0.15) is 18.3 Å². The van der Waals surface area contributed by atoms with Crippen LogP contribution in [0.3, 0.4) is 0 Å². The zero-order chi connectivity index (χ0) is 23.8. The predicted molar refractivity (Wildman–Crippen MR) is 121 cm³/mol. The van der Waals surface area contributed by atoms with Crippen molar-refractivity contribution in [2.75, 3.05) is 6.61 Å². The number of aliphatic hydroxyl groups is 4. The lowest BCUT2D eigenvalue weighted by Gasteiger charge is -2.38. The van der Waals surface area contributed by atoms with Crippen LogP contribution in [-0.2, 0) is 14.3 Å². The molecule has 1 saturated heterocycles. The quantitative estimate of drug-likeness (QED) is 0.156. The molecule has 0 bridgehead atoms. The van der Waals surface area contributed by atoms with E-state index >= 15 is 0 Å². The van der Waals surface area contributed by atoms with Gasteiger partial charge in [-0.25, -0.2) is 4.79 Å². The first kappa shape index (κ1) is 29.0. The fourth-order valence-electron chi connectivity index (χ4n) is 3.77. The fourth-order valence-corrected chi connectivity index (χ4v) is 3.77. The number of carboxylic acid groups (broad SMARTS) is 1. The molecule has 6 atom stereocenters. The molecular formula is C24H44O8. The van der Waals surface area contributed by atoms with Gasteiger partial charge in [0.05, 0.1) is 12.7 Å². The molecule has 1 fully saturated rings. The van der Waals surface area contributed by atoms with Crippen LogP contribution in [0.15, 0.2) is 12.2 Å². The number of hydrogen-bond donors (Lipinski definition) is 5. The zero-order valence-corrected chi connectivity index (χ0v) is 19.5. The van der Waals surface area contributed by atoms with Crippen LogP contribution in [0.2, 0.25) is 0 Å². The van der Waals surface area contributed by atoms with E-state index in [4.69, 9.17) is 14.6 Å². The number of hydrogen-bond acceptors (Lipinski definition) is 7. The van der Waals surface area contributed by atoms with E-state index in [2.05, 4.69) is 6.92 Å². The highest BCUT2D eigenvalue weighted by atomic mass is 16.7. The molecule has 1 rings (SSSR count). The van der Waals surface area contributed by atoms with E-state index in [1.807, 2.05) is 6.08 Å². The lowest BCUT2D eigenvalue weighted by molar-refractivity contribution is -0.294. The van der Waals surface area contributed by atoms with Gasteiger partial charge in [0, 0.05) is 6.42 Å². The third-order valence-corrected chi connectivity index (χ3v) is 5.84. The molecule has 0 aliphatic carbocycles. The number of carbonyl (C=O) groups is 1. The van der Waals surface area contributed by atoms with Crippen LogP contribution in [0.4, 0.5) is 0 Å². The number of aliphatic hydroxyl groups excluding tert-OH is 4. The maximum absolute atomic E-state index is 11.1. The maximum atomic E-state index is 11.1.